The standard InChI is InChI=1S/C19H22N4O3/c1-2-3-10-23-18(25)15-6-5-14(12-16(15)19(23)26)17(24)21-7-4-9-22-11-8-20-13-22/h5-6,8,11-13H,2-4,7,9-10H2,1H3,(H,21,24). The average molecular weight is 354 g/mol. The number of unbranched alkanes of at least 4 members (excludes halogenated alkanes) is 1. The molecule has 0 radical (unpaired) electrons. The lowest BCUT2D eigenvalue weighted by molar-refractivity contribution is 0.0652. The van der Waals surface area contributed by atoms with Crippen molar-refractivity contribution in [1.82, 2.24) is 19.8 Å². The summed E-state index contributed by atoms with van der Waals surface area (Å²) in [5.74, 6) is -0.829. The zero-order valence-corrected chi connectivity index (χ0v) is 14.8. The van der Waals surface area contributed by atoms with Crippen molar-refractivity contribution < 1.29 is 14.4 Å². The summed E-state index contributed by atoms with van der Waals surface area (Å²) in [4.78, 5) is 42.3. The fourth-order valence-electron chi connectivity index (χ4n) is 2.94. The van der Waals surface area contributed by atoms with Crippen LogP contribution in [0.2, 0.25) is 0 Å². The molecular weight excluding hydrogens is 332 g/mol. The van der Waals surface area contributed by atoms with Crippen LogP contribution in [0.1, 0.15) is 57.3 Å². The van der Waals surface area contributed by atoms with E-state index in [-0.39, 0.29) is 17.7 Å². The number of imide groups is 1. The molecule has 0 saturated heterocycles. The zero-order valence-electron chi connectivity index (χ0n) is 14.8. The summed E-state index contributed by atoms with van der Waals surface area (Å²) in [6.45, 7) is 3.71. The van der Waals surface area contributed by atoms with Crippen molar-refractivity contribution in [3.05, 3.63) is 53.6 Å². The first kappa shape index (κ1) is 17.8. The predicted molar refractivity (Wildman–Crippen MR) is 95.9 cm³/mol. The maximum absolute atomic E-state index is 12.4. The summed E-state index contributed by atoms with van der Waals surface area (Å²) < 4.78 is 1.94. The second-order valence-corrected chi connectivity index (χ2v) is 6.29. The maximum Gasteiger partial charge on any atom is 0.261 e. The molecule has 1 aliphatic rings. The van der Waals surface area contributed by atoms with Crippen LogP contribution in [0.4, 0.5) is 0 Å². The molecule has 0 saturated carbocycles. The van der Waals surface area contributed by atoms with Gasteiger partial charge in [0.1, 0.15) is 0 Å². The number of imidazole rings is 1. The van der Waals surface area contributed by atoms with Gasteiger partial charge < -0.3 is 9.88 Å². The number of aryl methyl sites for hydroxylation is 1. The summed E-state index contributed by atoms with van der Waals surface area (Å²) in [6.07, 6.45) is 7.76. The van der Waals surface area contributed by atoms with Gasteiger partial charge in [0.15, 0.2) is 0 Å². The van der Waals surface area contributed by atoms with Crippen molar-refractivity contribution >= 4 is 17.7 Å². The van der Waals surface area contributed by atoms with Gasteiger partial charge in [-0.15, -0.1) is 0 Å². The molecule has 1 N–H and O–H groups in total. The van der Waals surface area contributed by atoms with Gasteiger partial charge in [0.2, 0.25) is 0 Å². The number of carbonyl (C=O) groups is 3. The zero-order chi connectivity index (χ0) is 18.5. The fraction of sp³-hybridized carbons (Fsp3) is 0.368. The van der Waals surface area contributed by atoms with Crippen molar-refractivity contribution in [2.24, 2.45) is 0 Å². The molecule has 0 unspecified atom stereocenters. The number of nitrogens with zero attached hydrogens (tertiary/aromatic N) is 3. The molecule has 0 atom stereocenters. The van der Waals surface area contributed by atoms with E-state index in [4.69, 9.17) is 0 Å². The minimum Gasteiger partial charge on any atom is -0.352 e. The number of nitrogens with one attached hydrogen (secondary N) is 1. The summed E-state index contributed by atoms with van der Waals surface area (Å²) >= 11 is 0. The molecule has 1 aliphatic heterocycles. The predicted octanol–water partition coefficient (Wildman–Crippen LogP) is 2.10. The monoisotopic (exact) mass is 354 g/mol. The van der Waals surface area contributed by atoms with Gasteiger partial charge in [0.25, 0.3) is 17.7 Å². The third-order valence-electron chi connectivity index (χ3n) is 4.41. The number of hydrogen-bond acceptors (Lipinski definition) is 4. The number of fused-ring (bicyclic) bond motifs is 1. The Morgan fingerprint density at radius 1 is 1.12 bits per heavy atom. The number of aromatic nitrogens is 2. The number of rotatable bonds is 8. The Balaban J connectivity index is 1.60. The Bertz CT molecular complexity index is 814. The lowest BCUT2D eigenvalue weighted by atomic mass is 10.1. The second kappa shape index (κ2) is 7.95. The molecule has 136 valence electrons. The topological polar surface area (TPSA) is 84.3 Å². The van der Waals surface area contributed by atoms with Crippen LogP contribution < -0.4 is 5.32 Å². The van der Waals surface area contributed by atoms with Gasteiger partial charge in [0, 0.05) is 37.6 Å². The molecular formula is C19H22N4O3. The van der Waals surface area contributed by atoms with Crippen LogP contribution in [0.15, 0.2) is 36.9 Å². The molecule has 26 heavy (non-hydrogen) atoms. The summed E-state index contributed by atoms with van der Waals surface area (Å²) in [5, 5.41) is 2.84. The van der Waals surface area contributed by atoms with E-state index in [1.165, 1.54) is 11.0 Å². The highest BCUT2D eigenvalue weighted by Gasteiger charge is 2.35. The van der Waals surface area contributed by atoms with Crippen molar-refractivity contribution in [2.45, 2.75) is 32.7 Å². The van der Waals surface area contributed by atoms with Crippen LogP contribution in [0, 0.1) is 0 Å². The Labute approximate surface area is 152 Å². The van der Waals surface area contributed by atoms with Crippen molar-refractivity contribution in [2.75, 3.05) is 13.1 Å². The number of hydrogen-bond donors (Lipinski definition) is 1. The van der Waals surface area contributed by atoms with E-state index in [0.29, 0.717) is 29.8 Å². The largest absolute Gasteiger partial charge is 0.352 e. The maximum atomic E-state index is 12.4. The molecule has 0 bridgehead atoms. The minimum absolute atomic E-state index is 0.245. The van der Waals surface area contributed by atoms with Crippen LogP contribution in [0.5, 0.6) is 0 Å². The van der Waals surface area contributed by atoms with Crippen LogP contribution in [-0.4, -0.2) is 45.3 Å². The molecule has 2 aromatic rings. The van der Waals surface area contributed by atoms with E-state index < -0.39 is 0 Å². The first-order valence-electron chi connectivity index (χ1n) is 8.86. The van der Waals surface area contributed by atoms with Crippen LogP contribution in [0.25, 0.3) is 0 Å². The molecule has 1 aromatic carbocycles. The second-order valence-electron chi connectivity index (χ2n) is 6.29. The third-order valence-corrected chi connectivity index (χ3v) is 4.41. The number of amides is 3. The van der Waals surface area contributed by atoms with Crippen LogP contribution in [0.3, 0.4) is 0 Å². The highest BCUT2D eigenvalue weighted by Crippen LogP contribution is 2.24. The summed E-state index contributed by atoms with van der Waals surface area (Å²) in [5.41, 5.74) is 1.09. The Morgan fingerprint density at radius 3 is 2.65 bits per heavy atom. The van der Waals surface area contributed by atoms with E-state index in [9.17, 15) is 14.4 Å². The lowest BCUT2D eigenvalue weighted by Gasteiger charge is -2.12. The molecule has 7 nitrogen and oxygen atoms in total. The van der Waals surface area contributed by atoms with Crippen LogP contribution >= 0.6 is 0 Å². The van der Waals surface area contributed by atoms with E-state index >= 15 is 0 Å². The smallest absolute Gasteiger partial charge is 0.261 e. The lowest BCUT2D eigenvalue weighted by Crippen LogP contribution is -2.30. The van der Waals surface area contributed by atoms with Gasteiger partial charge >= 0.3 is 0 Å². The van der Waals surface area contributed by atoms with Crippen molar-refractivity contribution in [1.29, 1.82) is 0 Å². The molecule has 7 heteroatoms. The van der Waals surface area contributed by atoms with Crippen LogP contribution in [-0.2, 0) is 6.54 Å². The van der Waals surface area contributed by atoms with Gasteiger partial charge in [-0.3, -0.25) is 19.3 Å². The molecule has 1 aromatic heterocycles. The Kier molecular flexibility index (Phi) is 5.46. The first-order chi connectivity index (χ1) is 12.6. The van der Waals surface area contributed by atoms with E-state index in [0.717, 1.165) is 25.8 Å². The molecule has 0 spiro atoms. The normalized spacial score (nSPS) is 13.2. The molecule has 3 rings (SSSR count). The number of carbonyl (C=O) groups excluding carboxylic acids is 3. The highest BCUT2D eigenvalue weighted by atomic mass is 16.2. The molecule has 0 fully saturated rings. The summed E-state index contributed by atoms with van der Waals surface area (Å²) in [7, 11) is 0. The van der Waals surface area contributed by atoms with Crippen molar-refractivity contribution in [3.8, 4) is 0 Å². The Morgan fingerprint density at radius 2 is 1.92 bits per heavy atom. The van der Waals surface area contributed by atoms with Gasteiger partial charge in [-0.25, -0.2) is 4.98 Å². The molecule has 2 heterocycles. The van der Waals surface area contributed by atoms with E-state index in [2.05, 4.69) is 10.3 Å². The molecule has 3 amide bonds. The SMILES string of the molecule is CCCCN1C(=O)c2ccc(C(=O)NCCCn3ccnc3)cc2C1=O. The summed E-state index contributed by atoms with van der Waals surface area (Å²) in [6, 6.07) is 4.69. The van der Waals surface area contributed by atoms with Gasteiger partial charge in [-0.1, -0.05) is 13.3 Å². The highest BCUT2D eigenvalue weighted by molar-refractivity contribution is 6.22. The van der Waals surface area contributed by atoms with E-state index in [1.54, 1.807) is 24.7 Å². The number of benzene rings is 1. The third kappa shape index (κ3) is 3.66. The average Bonchev–Trinajstić information content (AvgIpc) is 3.25. The van der Waals surface area contributed by atoms with Gasteiger partial charge in [-0.05, 0) is 31.0 Å². The Hall–Kier alpha value is -2.96. The van der Waals surface area contributed by atoms with Gasteiger partial charge in [0.05, 0.1) is 17.5 Å². The fourth-order valence-corrected chi connectivity index (χ4v) is 2.94. The quantitative estimate of drug-likeness (QED) is 0.581. The van der Waals surface area contributed by atoms with Gasteiger partial charge in [-0.2, -0.15) is 0 Å². The first-order valence-corrected chi connectivity index (χ1v) is 8.86. The van der Waals surface area contributed by atoms with E-state index in [1.807, 2.05) is 17.7 Å². The minimum atomic E-state index is -0.312. The van der Waals surface area contributed by atoms with Crippen molar-refractivity contribution in [3.63, 3.8) is 0 Å². The molecule has 0 aliphatic carbocycles.